The maximum atomic E-state index is 5.22. The molecule has 0 aliphatic heterocycles. The standard InChI is InChI=1S/C16H21N3O/c1-3-8-18-14-9-15(11-17-10-14)19-16-7-5-4-6-13(16)12-20-2/h4-7,9-11,18-19H,3,8,12H2,1-2H3. The quantitative estimate of drug-likeness (QED) is 0.804. The van der Waals surface area contributed by atoms with Gasteiger partial charge in [-0.05, 0) is 18.6 Å². The molecule has 0 saturated carbocycles. The molecular formula is C16H21N3O. The van der Waals surface area contributed by atoms with Gasteiger partial charge >= 0.3 is 0 Å². The van der Waals surface area contributed by atoms with E-state index in [4.69, 9.17) is 4.74 Å². The Balaban J connectivity index is 2.13. The van der Waals surface area contributed by atoms with Crippen molar-refractivity contribution in [2.45, 2.75) is 20.0 Å². The number of pyridine rings is 1. The minimum Gasteiger partial charge on any atom is -0.384 e. The highest BCUT2D eigenvalue weighted by atomic mass is 16.5. The molecule has 106 valence electrons. The van der Waals surface area contributed by atoms with Crippen LogP contribution in [0.25, 0.3) is 0 Å². The molecule has 2 rings (SSSR count). The van der Waals surface area contributed by atoms with Gasteiger partial charge in [0.1, 0.15) is 0 Å². The van der Waals surface area contributed by atoms with Crippen LogP contribution in [0.5, 0.6) is 0 Å². The van der Waals surface area contributed by atoms with Gasteiger partial charge in [0.05, 0.1) is 30.4 Å². The van der Waals surface area contributed by atoms with Crippen molar-refractivity contribution in [1.82, 2.24) is 4.98 Å². The van der Waals surface area contributed by atoms with Gasteiger partial charge in [-0.1, -0.05) is 25.1 Å². The van der Waals surface area contributed by atoms with Crippen LogP contribution in [-0.2, 0) is 11.3 Å². The molecule has 0 fully saturated rings. The Labute approximate surface area is 120 Å². The first-order valence-corrected chi connectivity index (χ1v) is 6.86. The first kappa shape index (κ1) is 14.3. The number of ether oxygens (including phenoxy) is 1. The van der Waals surface area contributed by atoms with Crippen LogP contribution in [-0.4, -0.2) is 18.6 Å². The number of methoxy groups -OCH3 is 1. The lowest BCUT2D eigenvalue weighted by Gasteiger charge is -2.12. The van der Waals surface area contributed by atoms with E-state index in [2.05, 4.69) is 34.7 Å². The molecule has 0 unspecified atom stereocenters. The molecule has 0 aliphatic carbocycles. The van der Waals surface area contributed by atoms with E-state index in [1.54, 1.807) is 7.11 Å². The van der Waals surface area contributed by atoms with E-state index in [1.807, 2.05) is 30.6 Å². The van der Waals surface area contributed by atoms with E-state index in [1.165, 1.54) is 0 Å². The molecule has 4 nitrogen and oxygen atoms in total. The van der Waals surface area contributed by atoms with Crippen LogP contribution < -0.4 is 10.6 Å². The number of hydrogen-bond donors (Lipinski definition) is 2. The highest BCUT2D eigenvalue weighted by Crippen LogP contribution is 2.22. The van der Waals surface area contributed by atoms with Gasteiger partial charge in [0.25, 0.3) is 0 Å². The van der Waals surface area contributed by atoms with E-state index < -0.39 is 0 Å². The van der Waals surface area contributed by atoms with Crippen LogP contribution in [0.4, 0.5) is 17.1 Å². The van der Waals surface area contributed by atoms with Gasteiger partial charge in [-0.25, -0.2) is 0 Å². The van der Waals surface area contributed by atoms with Crippen LogP contribution in [0, 0.1) is 0 Å². The molecule has 2 N–H and O–H groups in total. The maximum absolute atomic E-state index is 5.22. The molecule has 20 heavy (non-hydrogen) atoms. The largest absolute Gasteiger partial charge is 0.384 e. The summed E-state index contributed by atoms with van der Waals surface area (Å²) in [6, 6.07) is 10.2. The Morgan fingerprint density at radius 1 is 1.15 bits per heavy atom. The van der Waals surface area contributed by atoms with Gasteiger partial charge in [-0.15, -0.1) is 0 Å². The summed E-state index contributed by atoms with van der Waals surface area (Å²) in [4.78, 5) is 4.25. The summed E-state index contributed by atoms with van der Waals surface area (Å²) >= 11 is 0. The molecule has 0 spiro atoms. The van der Waals surface area contributed by atoms with Crippen molar-refractivity contribution in [2.24, 2.45) is 0 Å². The minimum atomic E-state index is 0.588. The van der Waals surface area contributed by atoms with Crippen LogP contribution in [0.1, 0.15) is 18.9 Å². The smallest absolute Gasteiger partial charge is 0.0733 e. The number of nitrogens with zero attached hydrogens (tertiary/aromatic N) is 1. The fourth-order valence-electron chi connectivity index (χ4n) is 1.95. The van der Waals surface area contributed by atoms with Crippen LogP contribution in [0.3, 0.4) is 0 Å². The molecular weight excluding hydrogens is 250 g/mol. The van der Waals surface area contributed by atoms with E-state index in [-0.39, 0.29) is 0 Å². The van der Waals surface area contributed by atoms with E-state index in [9.17, 15) is 0 Å². The lowest BCUT2D eigenvalue weighted by molar-refractivity contribution is 0.185. The second kappa shape index (κ2) is 7.50. The number of rotatable bonds is 7. The summed E-state index contributed by atoms with van der Waals surface area (Å²) < 4.78 is 5.22. The van der Waals surface area contributed by atoms with Gasteiger partial charge in [0, 0.05) is 24.9 Å². The monoisotopic (exact) mass is 271 g/mol. The summed E-state index contributed by atoms with van der Waals surface area (Å²) in [5, 5.41) is 6.72. The fraction of sp³-hybridized carbons (Fsp3) is 0.312. The molecule has 1 aromatic heterocycles. The molecule has 1 aromatic carbocycles. The van der Waals surface area contributed by atoms with Crippen LogP contribution in [0.15, 0.2) is 42.7 Å². The molecule has 0 aliphatic rings. The number of anilines is 3. The topological polar surface area (TPSA) is 46.2 Å². The Morgan fingerprint density at radius 3 is 2.75 bits per heavy atom. The molecule has 4 heteroatoms. The normalized spacial score (nSPS) is 10.3. The Morgan fingerprint density at radius 2 is 1.95 bits per heavy atom. The average molecular weight is 271 g/mol. The summed E-state index contributed by atoms with van der Waals surface area (Å²) in [6.07, 6.45) is 4.75. The lowest BCUT2D eigenvalue weighted by Crippen LogP contribution is -2.02. The number of aromatic nitrogens is 1. The van der Waals surface area contributed by atoms with Crippen molar-refractivity contribution in [1.29, 1.82) is 0 Å². The number of nitrogens with one attached hydrogen (secondary N) is 2. The molecule has 2 aromatic rings. The highest BCUT2D eigenvalue weighted by molar-refractivity contribution is 5.65. The lowest BCUT2D eigenvalue weighted by atomic mass is 10.2. The Hall–Kier alpha value is -2.07. The predicted molar refractivity (Wildman–Crippen MR) is 83.5 cm³/mol. The summed E-state index contributed by atoms with van der Waals surface area (Å²) in [7, 11) is 1.70. The van der Waals surface area contributed by atoms with Crippen molar-refractivity contribution in [2.75, 3.05) is 24.3 Å². The third kappa shape index (κ3) is 3.96. The zero-order chi connectivity index (χ0) is 14.2. The van der Waals surface area contributed by atoms with Gasteiger partial charge in [0.15, 0.2) is 0 Å². The predicted octanol–water partition coefficient (Wildman–Crippen LogP) is 3.79. The van der Waals surface area contributed by atoms with E-state index in [0.29, 0.717) is 6.61 Å². The summed E-state index contributed by atoms with van der Waals surface area (Å²) in [5.74, 6) is 0. The third-order valence-corrected chi connectivity index (χ3v) is 2.91. The molecule has 0 radical (unpaired) electrons. The second-order valence-electron chi connectivity index (χ2n) is 4.60. The SMILES string of the molecule is CCCNc1cncc(Nc2ccccc2COC)c1. The van der Waals surface area contributed by atoms with E-state index >= 15 is 0 Å². The summed E-state index contributed by atoms with van der Waals surface area (Å²) in [5.41, 5.74) is 4.17. The summed E-state index contributed by atoms with van der Waals surface area (Å²) in [6.45, 7) is 3.68. The first-order valence-electron chi connectivity index (χ1n) is 6.86. The van der Waals surface area contributed by atoms with Crippen LogP contribution in [0.2, 0.25) is 0 Å². The molecule has 1 heterocycles. The molecule has 0 bridgehead atoms. The van der Waals surface area contributed by atoms with Crippen LogP contribution >= 0.6 is 0 Å². The Bertz CT molecular complexity index is 543. The highest BCUT2D eigenvalue weighted by Gasteiger charge is 2.02. The number of hydrogen-bond acceptors (Lipinski definition) is 4. The maximum Gasteiger partial charge on any atom is 0.0733 e. The average Bonchev–Trinajstić information content (AvgIpc) is 2.48. The van der Waals surface area contributed by atoms with Crippen molar-refractivity contribution < 1.29 is 4.74 Å². The Kier molecular flexibility index (Phi) is 5.38. The number of benzene rings is 1. The third-order valence-electron chi connectivity index (χ3n) is 2.91. The molecule has 0 saturated heterocycles. The molecule has 0 atom stereocenters. The zero-order valence-electron chi connectivity index (χ0n) is 12.0. The van der Waals surface area contributed by atoms with E-state index in [0.717, 1.165) is 35.6 Å². The second-order valence-corrected chi connectivity index (χ2v) is 4.60. The van der Waals surface area contributed by atoms with Gasteiger partial charge < -0.3 is 15.4 Å². The van der Waals surface area contributed by atoms with Gasteiger partial charge in [0.2, 0.25) is 0 Å². The zero-order valence-corrected chi connectivity index (χ0v) is 12.0. The first-order chi connectivity index (χ1) is 9.83. The van der Waals surface area contributed by atoms with Gasteiger partial charge in [-0.2, -0.15) is 0 Å². The number of para-hydroxylation sites is 1. The fourth-order valence-corrected chi connectivity index (χ4v) is 1.95. The van der Waals surface area contributed by atoms with Crippen molar-refractivity contribution in [3.63, 3.8) is 0 Å². The van der Waals surface area contributed by atoms with Gasteiger partial charge in [-0.3, -0.25) is 4.98 Å². The van der Waals surface area contributed by atoms with Crippen molar-refractivity contribution >= 4 is 17.1 Å². The van der Waals surface area contributed by atoms with Crippen molar-refractivity contribution in [3.05, 3.63) is 48.3 Å². The molecule has 0 amide bonds. The minimum absolute atomic E-state index is 0.588. The van der Waals surface area contributed by atoms with Crippen molar-refractivity contribution in [3.8, 4) is 0 Å².